The fourth-order valence-corrected chi connectivity index (χ4v) is 11.1. The lowest BCUT2D eigenvalue weighted by Gasteiger charge is -2.36. The van der Waals surface area contributed by atoms with Gasteiger partial charge in [0, 0.05) is 40.6 Å². The number of benzene rings is 4. The summed E-state index contributed by atoms with van der Waals surface area (Å²) in [6, 6.07) is 23.0. The monoisotopic (exact) mass is 1130 g/mol. The molecule has 0 aromatic heterocycles. The maximum atomic E-state index is 14.6. The van der Waals surface area contributed by atoms with Gasteiger partial charge in [0.25, 0.3) is 11.8 Å². The standard InChI is InChI=1S/C62H82N10O8S/c1-36(63-8)53(73)70-51(62(6,7)81-10)59(79)69-49(57(77)67-47-23-15-19-39-17-11-13-21-45(39)47)33-38-25-31-43(32-26-38)65-55(75)41-27-29-42(30-28-41)56(76)66-44-34-50(58(78)68-48-24-16-20-40-18-12-14-22-46(40)48)72(35-44)60(80)52(61(3,4)5)71-54(74)37(2)64-9/h11-14,17-18,21-22,25-32,36-37,44,47-52,63-64H,15-16,19-20,23-24,33-35H2,1-10H3,(H,65,75)(H,66,76)(H,67,77)(H,68,78)(H,69,79)(H,70,73)(H,71,74)/t36-,37-,44-,47+,48+,49-,50-,51+,52+/m0/s1. The van der Waals surface area contributed by atoms with Gasteiger partial charge in [-0.1, -0.05) is 81.4 Å². The molecule has 0 unspecified atom stereocenters. The van der Waals surface area contributed by atoms with Gasteiger partial charge in [0.05, 0.1) is 24.2 Å². The number of thioether (sulfide) groups is 1. The summed E-state index contributed by atoms with van der Waals surface area (Å²) in [5.74, 6) is -3.23. The number of hydrogen-bond acceptors (Lipinski definition) is 11. The Morgan fingerprint density at radius 3 is 1.65 bits per heavy atom. The maximum absolute atomic E-state index is 14.6. The van der Waals surface area contributed by atoms with Crippen LogP contribution in [0.25, 0.3) is 0 Å². The Labute approximate surface area is 481 Å². The average molecular weight is 1130 g/mol. The number of nitrogens with zero attached hydrogens (tertiary/aromatic N) is 1. The maximum Gasteiger partial charge on any atom is 0.255 e. The molecule has 1 fully saturated rings. The molecule has 3 aliphatic rings. The molecular weight excluding hydrogens is 1040 g/mol. The van der Waals surface area contributed by atoms with Crippen LogP contribution in [0.5, 0.6) is 0 Å². The zero-order valence-electron chi connectivity index (χ0n) is 48.4. The molecular formula is C62H82N10O8S. The summed E-state index contributed by atoms with van der Waals surface area (Å²) in [4.78, 5) is 113. The Morgan fingerprint density at radius 2 is 1.12 bits per heavy atom. The number of rotatable bonds is 21. The Hall–Kier alpha value is -7.09. The molecule has 434 valence electrons. The quantitative estimate of drug-likeness (QED) is 0.0510. The summed E-state index contributed by atoms with van der Waals surface area (Å²) in [7, 11) is 3.32. The highest BCUT2D eigenvalue weighted by Gasteiger charge is 2.46. The highest BCUT2D eigenvalue weighted by molar-refractivity contribution is 8.00. The third kappa shape index (κ3) is 15.5. The average Bonchev–Trinajstić information content (AvgIpc) is 3.96. The van der Waals surface area contributed by atoms with Crippen molar-refractivity contribution in [3.05, 3.63) is 136 Å². The van der Waals surface area contributed by atoms with Gasteiger partial charge >= 0.3 is 0 Å². The van der Waals surface area contributed by atoms with Crippen LogP contribution in [0.2, 0.25) is 0 Å². The summed E-state index contributed by atoms with van der Waals surface area (Å²) >= 11 is 1.42. The van der Waals surface area contributed by atoms with E-state index in [0.717, 1.165) is 49.7 Å². The molecule has 0 radical (unpaired) electrons. The second-order valence-corrected chi connectivity index (χ2v) is 24.7. The Bertz CT molecular complexity index is 2930. The SMILES string of the molecule is CN[C@@H](C)C(=O)N[C@H](C(=O)N1C[C@@H](NC(=O)c2ccc(C(=O)Nc3ccc(C[C@H](NC(=O)[C@@H](NC(=O)[C@H](C)NC)C(C)(C)SC)C(=O)N[C@@H]4CCCc5ccccc54)cc3)cc2)C[C@H]1C(=O)N[C@@H]1CCCc2ccccc21)C(C)(C)C. The zero-order valence-corrected chi connectivity index (χ0v) is 49.2. The molecule has 1 aliphatic heterocycles. The van der Waals surface area contributed by atoms with Crippen LogP contribution in [-0.2, 0) is 48.0 Å². The topological polar surface area (TPSA) is 248 Å². The van der Waals surface area contributed by atoms with Gasteiger partial charge in [0.15, 0.2) is 0 Å². The fraction of sp³-hybridized carbons (Fsp3) is 0.484. The van der Waals surface area contributed by atoms with Gasteiger partial charge < -0.3 is 52.8 Å². The van der Waals surface area contributed by atoms with Crippen molar-refractivity contribution < 1.29 is 38.4 Å². The van der Waals surface area contributed by atoms with Crippen LogP contribution < -0.4 is 47.9 Å². The van der Waals surface area contributed by atoms with E-state index in [1.54, 1.807) is 52.2 Å². The third-order valence-electron chi connectivity index (χ3n) is 16.1. The van der Waals surface area contributed by atoms with Crippen molar-refractivity contribution in [3.63, 3.8) is 0 Å². The zero-order chi connectivity index (χ0) is 58.8. The van der Waals surface area contributed by atoms with Gasteiger partial charge in [-0.2, -0.15) is 11.8 Å². The predicted molar refractivity (Wildman–Crippen MR) is 316 cm³/mol. The van der Waals surface area contributed by atoms with Crippen LogP contribution in [0.1, 0.15) is 141 Å². The van der Waals surface area contributed by atoms with E-state index in [4.69, 9.17) is 0 Å². The molecule has 9 N–H and O–H groups in total. The first-order valence-corrected chi connectivity index (χ1v) is 29.4. The van der Waals surface area contributed by atoms with Crippen molar-refractivity contribution in [3.8, 4) is 0 Å². The summed E-state index contributed by atoms with van der Waals surface area (Å²) in [6.45, 7) is 12.7. The summed E-state index contributed by atoms with van der Waals surface area (Å²) in [6.07, 6.45) is 7.22. The highest BCUT2D eigenvalue weighted by atomic mass is 32.2. The first kappa shape index (κ1) is 61.5. The molecule has 4 aromatic rings. The second-order valence-electron chi connectivity index (χ2n) is 23.3. The second kappa shape index (κ2) is 27.1. The van der Waals surface area contributed by atoms with Crippen LogP contribution in [0.15, 0.2) is 97.1 Å². The highest BCUT2D eigenvalue weighted by Crippen LogP contribution is 2.33. The number of carbonyl (C=O) groups is 8. The molecule has 18 nitrogen and oxygen atoms in total. The van der Waals surface area contributed by atoms with E-state index in [1.807, 2.05) is 77.3 Å². The molecule has 0 spiro atoms. The minimum absolute atomic E-state index is 0.0263. The van der Waals surface area contributed by atoms with Gasteiger partial charge in [-0.05, 0) is 163 Å². The van der Waals surface area contributed by atoms with E-state index in [2.05, 4.69) is 60.0 Å². The van der Waals surface area contributed by atoms with E-state index in [-0.39, 0.29) is 66.2 Å². The molecule has 81 heavy (non-hydrogen) atoms. The van der Waals surface area contributed by atoms with E-state index in [1.165, 1.54) is 52.1 Å². The van der Waals surface area contributed by atoms with Gasteiger partial charge in [-0.25, -0.2) is 0 Å². The molecule has 0 saturated carbocycles. The number of likely N-dealkylation sites (N-methyl/N-ethyl adjacent to an activating group) is 2. The van der Waals surface area contributed by atoms with Crippen molar-refractivity contribution in [1.82, 2.24) is 47.4 Å². The lowest BCUT2D eigenvalue weighted by molar-refractivity contribution is -0.144. The molecule has 1 saturated heterocycles. The summed E-state index contributed by atoms with van der Waals surface area (Å²) < 4.78 is -0.734. The van der Waals surface area contributed by atoms with Gasteiger partial charge in [0.2, 0.25) is 35.4 Å². The van der Waals surface area contributed by atoms with E-state index < -0.39 is 76.1 Å². The van der Waals surface area contributed by atoms with Gasteiger partial charge in [-0.3, -0.25) is 38.4 Å². The molecule has 4 aromatic carbocycles. The molecule has 19 heteroatoms. The van der Waals surface area contributed by atoms with Crippen LogP contribution in [0, 0.1) is 5.41 Å². The lowest BCUT2D eigenvalue weighted by atomic mass is 9.85. The molecule has 0 bridgehead atoms. The van der Waals surface area contributed by atoms with Crippen molar-refractivity contribution in [1.29, 1.82) is 0 Å². The number of aryl methyl sites for hydroxylation is 2. The Kier molecular flexibility index (Phi) is 20.6. The number of nitrogens with one attached hydrogen (secondary N) is 9. The van der Waals surface area contributed by atoms with Crippen LogP contribution in [0.3, 0.4) is 0 Å². The number of likely N-dealkylation sites (tertiary alicyclic amines) is 1. The molecule has 1 heterocycles. The Morgan fingerprint density at radius 1 is 0.605 bits per heavy atom. The smallest absolute Gasteiger partial charge is 0.255 e. The number of carbonyl (C=O) groups excluding carboxylic acids is 8. The molecule has 2 aliphatic carbocycles. The molecule has 7 rings (SSSR count). The van der Waals surface area contributed by atoms with Gasteiger partial charge in [0.1, 0.15) is 24.2 Å². The van der Waals surface area contributed by atoms with E-state index >= 15 is 0 Å². The van der Waals surface area contributed by atoms with Crippen molar-refractivity contribution >= 4 is 64.7 Å². The van der Waals surface area contributed by atoms with E-state index in [0.29, 0.717) is 11.3 Å². The largest absolute Gasteiger partial charge is 0.347 e. The third-order valence-corrected chi connectivity index (χ3v) is 17.4. The number of anilines is 1. The molecule has 8 amide bonds. The van der Waals surface area contributed by atoms with Crippen molar-refractivity contribution in [2.24, 2.45) is 5.41 Å². The lowest BCUT2D eigenvalue weighted by Crippen LogP contribution is -2.61. The predicted octanol–water partition coefficient (Wildman–Crippen LogP) is 5.43. The summed E-state index contributed by atoms with van der Waals surface area (Å²) in [5, 5.41) is 27.0. The first-order valence-electron chi connectivity index (χ1n) is 28.2. The normalized spacial score (nSPS) is 19.7. The van der Waals surface area contributed by atoms with Crippen molar-refractivity contribution in [2.75, 3.05) is 32.2 Å². The van der Waals surface area contributed by atoms with Crippen LogP contribution in [0.4, 0.5) is 5.69 Å². The number of amides is 8. The molecule has 9 atom stereocenters. The fourth-order valence-electron chi connectivity index (χ4n) is 10.7. The van der Waals surface area contributed by atoms with E-state index in [9.17, 15) is 38.4 Å². The number of fused-ring (bicyclic) bond motifs is 2. The van der Waals surface area contributed by atoms with Crippen LogP contribution in [-0.4, -0.2) is 126 Å². The van der Waals surface area contributed by atoms with Gasteiger partial charge in [-0.15, -0.1) is 0 Å². The minimum Gasteiger partial charge on any atom is -0.347 e. The number of hydrogen-bond donors (Lipinski definition) is 9. The summed E-state index contributed by atoms with van der Waals surface area (Å²) in [5.41, 5.74) is 5.43. The van der Waals surface area contributed by atoms with Crippen molar-refractivity contribution in [2.45, 2.75) is 159 Å². The Balaban J connectivity index is 1.02. The minimum atomic E-state index is -1.02. The van der Waals surface area contributed by atoms with Crippen LogP contribution >= 0.6 is 11.8 Å². The first-order chi connectivity index (χ1) is 38.5.